The van der Waals surface area contributed by atoms with Gasteiger partial charge in [0.1, 0.15) is 5.15 Å². The van der Waals surface area contributed by atoms with Crippen molar-refractivity contribution in [2.45, 2.75) is 25.8 Å². The van der Waals surface area contributed by atoms with Crippen molar-refractivity contribution in [3.05, 3.63) is 23.5 Å². The van der Waals surface area contributed by atoms with Crippen LogP contribution < -0.4 is 5.32 Å². The Balaban J connectivity index is 1.95. The van der Waals surface area contributed by atoms with Gasteiger partial charge in [-0.15, -0.1) is 0 Å². The molecule has 0 radical (unpaired) electrons. The largest absolute Gasteiger partial charge is 0.382 e. The molecule has 2 unspecified atom stereocenters. The van der Waals surface area contributed by atoms with Gasteiger partial charge in [-0.3, -0.25) is 0 Å². The molecule has 2 atom stereocenters. The van der Waals surface area contributed by atoms with Gasteiger partial charge in [-0.05, 0) is 24.5 Å². The minimum Gasteiger partial charge on any atom is -0.382 e. The fourth-order valence-corrected chi connectivity index (χ4v) is 1.76. The van der Waals surface area contributed by atoms with Crippen LogP contribution in [0.5, 0.6) is 0 Å². The van der Waals surface area contributed by atoms with Crippen molar-refractivity contribution in [2.24, 2.45) is 5.92 Å². The molecule has 0 aliphatic heterocycles. The molecule has 70 valence electrons. The molecule has 1 heterocycles. The van der Waals surface area contributed by atoms with Gasteiger partial charge in [0.25, 0.3) is 0 Å². The van der Waals surface area contributed by atoms with E-state index in [9.17, 15) is 0 Å². The highest BCUT2D eigenvalue weighted by Gasteiger charge is 2.34. The van der Waals surface area contributed by atoms with Crippen molar-refractivity contribution >= 4 is 17.3 Å². The van der Waals surface area contributed by atoms with E-state index in [1.165, 1.54) is 12.8 Å². The minimum atomic E-state index is 0.554. The SMILES string of the molecule is CCC1CC1Nc1ccnc(Cl)c1. The van der Waals surface area contributed by atoms with E-state index in [1.807, 2.05) is 12.1 Å². The first-order valence-corrected chi connectivity index (χ1v) is 5.05. The molecule has 13 heavy (non-hydrogen) atoms. The highest BCUT2D eigenvalue weighted by atomic mass is 35.5. The van der Waals surface area contributed by atoms with Gasteiger partial charge in [-0.2, -0.15) is 0 Å². The summed E-state index contributed by atoms with van der Waals surface area (Å²) >= 11 is 5.77. The summed E-state index contributed by atoms with van der Waals surface area (Å²) in [6, 6.07) is 4.48. The van der Waals surface area contributed by atoms with Crippen LogP contribution in [0.3, 0.4) is 0 Å². The molecular weight excluding hydrogens is 184 g/mol. The molecule has 0 spiro atoms. The van der Waals surface area contributed by atoms with Crippen molar-refractivity contribution in [1.29, 1.82) is 0 Å². The molecule has 0 bridgehead atoms. The Morgan fingerprint density at radius 3 is 3.15 bits per heavy atom. The molecular formula is C10H13ClN2. The topological polar surface area (TPSA) is 24.9 Å². The zero-order chi connectivity index (χ0) is 9.26. The fourth-order valence-electron chi connectivity index (χ4n) is 1.58. The molecule has 1 aromatic rings. The van der Waals surface area contributed by atoms with Gasteiger partial charge in [0, 0.05) is 17.9 Å². The lowest BCUT2D eigenvalue weighted by atomic mass is 10.3. The number of nitrogens with one attached hydrogen (secondary N) is 1. The van der Waals surface area contributed by atoms with Crippen LogP contribution in [0.15, 0.2) is 18.3 Å². The van der Waals surface area contributed by atoms with Crippen molar-refractivity contribution in [1.82, 2.24) is 4.98 Å². The lowest BCUT2D eigenvalue weighted by molar-refractivity contribution is 0.775. The van der Waals surface area contributed by atoms with E-state index in [2.05, 4.69) is 17.2 Å². The summed E-state index contributed by atoms with van der Waals surface area (Å²) in [5, 5.41) is 3.99. The zero-order valence-electron chi connectivity index (χ0n) is 7.63. The van der Waals surface area contributed by atoms with E-state index >= 15 is 0 Å². The number of halogens is 1. The summed E-state index contributed by atoms with van der Waals surface area (Å²) in [5.74, 6) is 0.854. The third kappa shape index (κ3) is 2.13. The summed E-state index contributed by atoms with van der Waals surface area (Å²) in [4.78, 5) is 3.93. The Bertz CT molecular complexity index is 301. The molecule has 1 saturated carbocycles. The summed E-state index contributed by atoms with van der Waals surface area (Å²) < 4.78 is 0. The Hall–Kier alpha value is -0.760. The number of hydrogen-bond acceptors (Lipinski definition) is 2. The van der Waals surface area contributed by atoms with Gasteiger partial charge in [-0.25, -0.2) is 4.98 Å². The third-order valence-electron chi connectivity index (χ3n) is 2.53. The number of nitrogens with zero attached hydrogens (tertiary/aromatic N) is 1. The van der Waals surface area contributed by atoms with Crippen LogP contribution in [0.1, 0.15) is 19.8 Å². The third-order valence-corrected chi connectivity index (χ3v) is 2.73. The van der Waals surface area contributed by atoms with Gasteiger partial charge >= 0.3 is 0 Å². The highest BCUT2D eigenvalue weighted by Crippen LogP contribution is 2.36. The van der Waals surface area contributed by atoms with Crippen molar-refractivity contribution < 1.29 is 0 Å². The molecule has 1 fully saturated rings. The lowest BCUT2D eigenvalue weighted by Gasteiger charge is -2.04. The second-order valence-corrected chi connectivity index (χ2v) is 3.91. The van der Waals surface area contributed by atoms with Crippen LogP contribution >= 0.6 is 11.6 Å². The van der Waals surface area contributed by atoms with Gasteiger partial charge in [0.05, 0.1) is 0 Å². The zero-order valence-corrected chi connectivity index (χ0v) is 8.38. The number of rotatable bonds is 3. The maximum Gasteiger partial charge on any atom is 0.131 e. The lowest BCUT2D eigenvalue weighted by Crippen LogP contribution is -2.03. The van der Waals surface area contributed by atoms with Crippen LogP contribution in [-0.4, -0.2) is 11.0 Å². The summed E-state index contributed by atoms with van der Waals surface area (Å²) in [6.45, 7) is 2.23. The Labute approximate surface area is 83.3 Å². The Kier molecular flexibility index (Phi) is 2.40. The second-order valence-electron chi connectivity index (χ2n) is 3.52. The van der Waals surface area contributed by atoms with E-state index in [1.54, 1.807) is 6.20 Å². The number of hydrogen-bond donors (Lipinski definition) is 1. The summed E-state index contributed by atoms with van der Waals surface area (Å²) in [6.07, 6.45) is 4.28. The molecule has 2 nitrogen and oxygen atoms in total. The minimum absolute atomic E-state index is 0.554. The quantitative estimate of drug-likeness (QED) is 0.752. The molecule has 0 amide bonds. The van der Waals surface area contributed by atoms with E-state index in [-0.39, 0.29) is 0 Å². The first-order chi connectivity index (χ1) is 6.29. The average molecular weight is 197 g/mol. The molecule has 2 rings (SSSR count). The first kappa shape index (κ1) is 8.82. The average Bonchev–Trinajstić information content (AvgIpc) is 2.83. The molecule has 1 aliphatic carbocycles. The first-order valence-electron chi connectivity index (χ1n) is 4.67. The molecule has 1 aliphatic rings. The predicted molar refractivity (Wildman–Crippen MR) is 55.1 cm³/mol. The van der Waals surface area contributed by atoms with Crippen LogP contribution in [0.25, 0.3) is 0 Å². The monoisotopic (exact) mass is 196 g/mol. The summed E-state index contributed by atoms with van der Waals surface area (Å²) in [5.41, 5.74) is 1.08. The second kappa shape index (κ2) is 3.54. The van der Waals surface area contributed by atoms with Gasteiger partial charge in [0.2, 0.25) is 0 Å². The molecule has 1 N–H and O–H groups in total. The Morgan fingerprint density at radius 2 is 2.54 bits per heavy atom. The van der Waals surface area contributed by atoms with Gasteiger partial charge in [0.15, 0.2) is 0 Å². The summed E-state index contributed by atoms with van der Waals surface area (Å²) in [7, 11) is 0. The number of pyridine rings is 1. The predicted octanol–water partition coefficient (Wildman–Crippen LogP) is 2.95. The molecule has 1 aromatic heterocycles. The number of aromatic nitrogens is 1. The molecule has 0 aromatic carbocycles. The van der Waals surface area contributed by atoms with E-state index in [4.69, 9.17) is 11.6 Å². The number of anilines is 1. The van der Waals surface area contributed by atoms with Crippen molar-refractivity contribution in [2.75, 3.05) is 5.32 Å². The van der Waals surface area contributed by atoms with Crippen LogP contribution in [0.4, 0.5) is 5.69 Å². The van der Waals surface area contributed by atoms with E-state index in [0.29, 0.717) is 11.2 Å². The fraction of sp³-hybridized carbons (Fsp3) is 0.500. The van der Waals surface area contributed by atoms with Crippen LogP contribution in [0.2, 0.25) is 5.15 Å². The molecule has 3 heteroatoms. The van der Waals surface area contributed by atoms with Crippen molar-refractivity contribution in [3.8, 4) is 0 Å². The van der Waals surface area contributed by atoms with Crippen molar-refractivity contribution in [3.63, 3.8) is 0 Å². The maximum atomic E-state index is 5.77. The molecule has 0 saturated heterocycles. The maximum absolute atomic E-state index is 5.77. The smallest absolute Gasteiger partial charge is 0.131 e. The van der Waals surface area contributed by atoms with Gasteiger partial charge < -0.3 is 5.32 Å². The van der Waals surface area contributed by atoms with Crippen LogP contribution in [0, 0.1) is 5.92 Å². The van der Waals surface area contributed by atoms with Gasteiger partial charge in [-0.1, -0.05) is 24.9 Å². The highest BCUT2D eigenvalue weighted by molar-refractivity contribution is 6.29. The van der Waals surface area contributed by atoms with Crippen LogP contribution in [-0.2, 0) is 0 Å². The standard InChI is InChI=1S/C10H13ClN2/c1-2-7-5-9(7)13-8-3-4-12-10(11)6-8/h3-4,6-7,9H,2,5H2,1H3,(H,12,13). The van der Waals surface area contributed by atoms with E-state index < -0.39 is 0 Å². The van der Waals surface area contributed by atoms with E-state index in [0.717, 1.165) is 11.6 Å². The normalized spacial score (nSPS) is 25.7. The Morgan fingerprint density at radius 1 is 1.69 bits per heavy atom.